The van der Waals surface area contributed by atoms with Crippen molar-refractivity contribution in [2.75, 3.05) is 0 Å². The van der Waals surface area contributed by atoms with Crippen molar-refractivity contribution in [1.82, 2.24) is 0 Å². The third-order valence-electron chi connectivity index (χ3n) is 1.90. The molecule has 0 aromatic carbocycles. The number of hydrogen-bond donors (Lipinski definition) is 1. The van der Waals surface area contributed by atoms with Gasteiger partial charge in [-0.05, 0) is 25.7 Å². The lowest BCUT2D eigenvalue weighted by Crippen LogP contribution is -2.38. The number of rotatable bonds is 4. The van der Waals surface area contributed by atoms with Crippen LogP contribution in [0.1, 0.15) is 34.1 Å². The van der Waals surface area contributed by atoms with E-state index in [-0.39, 0.29) is 5.54 Å². The lowest BCUT2D eigenvalue weighted by atomic mass is 9.82. The first-order chi connectivity index (χ1) is 5.12. The fourth-order valence-corrected chi connectivity index (χ4v) is 4.77. The molecular formula is C10H25NSi. The molecule has 0 unspecified atom stereocenters. The highest BCUT2D eigenvalue weighted by Gasteiger charge is 2.26. The molecule has 0 aliphatic heterocycles. The van der Waals surface area contributed by atoms with E-state index in [9.17, 15) is 0 Å². The van der Waals surface area contributed by atoms with Crippen LogP contribution in [0.5, 0.6) is 0 Å². The van der Waals surface area contributed by atoms with Gasteiger partial charge in [0.15, 0.2) is 0 Å². The third kappa shape index (κ3) is 6.86. The van der Waals surface area contributed by atoms with Gasteiger partial charge in [-0.25, -0.2) is 0 Å². The maximum absolute atomic E-state index is 6.01. The molecule has 0 aromatic heterocycles. The van der Waals surface area contributed by atoms with Gasteiger partial charge in [-0.3, -0.25) is 0 Å². The van der Waals surface area contributed by atoms with Crippen molar-refractivity contribution < 1.29 is 0 Å². The second-order valence-corrected chi connectivity index (χ2v) is 9.12. The predicted molar refractivity (Wildman–Crippen MR) is 60.3 cm³/mol. The second kappa shape index (κ2) is 3.92. The Morgan fingerprint density at radius 2 is 1.50 bits per heavy atom. The smallest absolute Gasteiger partial charge is 0.0310 e. The summed E-state index contributed by atoms with van der Waals surface area (Å²) < 4.78 is 0. The molecule has 0 fully saturated rings. The van der Waals surface area contributed by atoms with E-state index in [1.54, 1.807) is 0 Å². The molecule has 0 spiro atoms. The van der Waals surface area contributed by atoms with Crippen LogP contribution in [-0.4, -0.2) is 14.3 Å². The summed E-state index contributed by atoms with van der Waals surface area (Å²) in [7, 11) is -0.441. The van der Waals surface area contributed by atoms with Crippen molar-refractivity contribution in [2.24, 2.45) is 11.1 Å². The quantitative estimate of drug-likeness (QED) is 0.673. The summed E-state index contributed by atoms with van der Waals surface area (Å²) >= 11 is 0. The van der Waals surface area contributed by atoms with Crippen LogP contribution in [-0.2, 0) is 0 Å². The summed E-state index contributed by atoms with van der Waals surface area (Å²) in [4.78, 5) is 0. The van der Waals surface area contributed by atoms with Crippen LogP contribution in [0.2, 0.25) is 19.1 Å². The topological polar surface area (TPSA) is 26.0 Å². The maximum atomic E-state index is 6.01. The van der Waals surface area contributed by atoms with E-state index in [2.05, 4.69) is 40.8 Å². The molecule has 1 nitrogen and oxygen atoms in total. The van der Waals surface area contributed by atoms with Gasteiger partial charge in [-0.2, -0.15) is 0 Å². The van der Waals surface area contributed by atoms with Crippen LogP contribution in [0.15, 0.2) is 0 Å². The standard InChI is InChI=1S/C10H25NSi/c1-9(2,8-12(5)6)7-10(3,4)11/h12H,7-8,11H2,1-6H3. The Morgan fingerprint density at radius 3 is 1.75 bits per heavy atom. The van der Waals surface area contributed by atoms with Gasteiger partial charge in [-0.15, -0.1) is 0 Å². The van der Waals surface area contributed by atoms with Crippen molar-refractivity contribution in [1.29, 1.82) is 0 Å². The number of nitrogens with two attached hydrogens (primary N) is 1. The molecule has 2 heteroatoms. The van der Waals surface area contributed by atoms with Crippen LogP contribution in [0, 0.1) is 5.41 Å². The minimum atomic E-state index is -0.441. The normalized spacial score (nSPS) is 14.0. The SMILES string of the molecule is C[SiH](C)CC(C)(C)CC(C)(C)N. The summed E-state index contributed by atoms with van der Waals surface area (Å²) in [5.74, 6) is 0. The fourth-order valence-electron chi connectivity index (χ4n) is 2.41. The molecule has 0 amide bonds. The van der Waals surface area contributed by atoms with Gasteiger partial charge in [0.05, 0.1) is 0 Å². The molecule has 0 bridgehead atoms. The molecule has 0 rings (SSSR count). The van der Waals surface area contributed by atoms with Crippen molar-refractivity contribution in [3.63, 3.8) is 0 Å². The first-order valence-corrected chi connectivity index (χ1v) is 8.04. The lowest BCUT2D eigenvalue weighted by Gasteiger charge is -2.33. The molecule has 0 saturated carbocycles. The maximum Gasteiger partial charge on any atom is 0.0310 e. The second-order valence-electron chi connectivity index (χ2n) is 5.93. The van der Waals surface area contributed by atoms with Gasteiger partial charge < -0.3 is 5.73 Å². The zero-order valence-electron chi connectivity index (χ0n) is 9.57. The molecule has 0 aliphatic rings. The summed E-state index contributed by atoms with van der Waals surface area (Å²) in [6.07, 6.45) is 1.13. The monoisotopic (exact) mass is 187 g/mol. The van der Waals surface area contributed by atoms with E-state index in [0.717, 1.165) is 6.42 Å². The molecular weight excluding hydrogens is 162 g/mol. The zero-order chi connectivity index (χ0) is 9.99. The van der Waals surface area contributed by atoms with Gasteiger partial charge >= 0.3 is 0 Å². The van der Waals surface area contributed by atoms with E-state index < -0.39 is 8.80 Å². The van der Waals surface area contributed by atoms with Crippen molar-refractivity contribution in [2.45, 2.75) is 58.8 Å². The Morgan fingerprint density at radius 1 is 1.08 bits per heavy atom. The number of hydrogen-bond acceptors (Lipinski definition) is 1. The van der Waals surface area contributed by atoms with Crippen molar-refractivity contribution in [3.8, 4) is 0 Å². The van der Waals surface area contributed by atoms with Crippen LogP contribution in [0.25, 0.3) is 0 Å². The van der Waals surface area contributed by atoms with E-state index in [1.165, 1.54) is 6.04 Å². The van der Waals surface area contributed by atoms with Crippen LogP contribution in [0.3, 0.4) is 0 Å². The largest absolute Gasteiger partial charge is 0.326 e. The van der Waals surface area contributed by atoms with Gasteiger partial charge in [-0.1, -0.05) is 33.0 Å². The van der Waals surface area contributed by atoms with E-state index >= 15 is 0 Å². The van der Waals surface area contributed by atoms with Gasteiger partial charge in [0, 0.05) is 14.3 Å². The molecule has 0 radical (unpaired) electrons. The average molecular weight is 187 g/mol. The first-order valence-electron chi connectivity index (χ1n) is 4.91. The highest BCUT2D eigenvalue weighted by atomic mass is 28.3. The predicted octanol–water partition coefficient (Wildman–Crippen LogP) is 2.63. The fraction of sp³-hybridized carbons (Fsp3) is 1.00. The van der Waals surface area contributed by atoms with Crippen molar-refractivity contribution >= 4 is 8.80 Å². The summed E-state index contributed by atoms with van der Waals surface area (Å²) in [6, 6.07) is 1.40. The zero-order valence-corrected chi connectivity index (χ0v) is 10.7. The van der Waals surface area contributed by atoms with Gasteiger partial charge in [0.2, 0.25) is 0 Å². The van der Waals surface area contributed by atoms with E-state index in [1.807, 2.05) is 0 Å². The molecule has 0 saturated heterocycles. The Kier molecular flexibility index (Phi) is 3.98. The molecule has 12 heavy (non-hydrogen) atoms. The molecule has 0 atom stereocenters. The molecule has 0 heterocycles. The van der Waals surface area contributed by atoms with E-state index in [4.69, 9.17) is 5.73 Å². The van der Waals surface area contributed by atoms with Crippen molar-refractivity contribution in [3.05, 3.63) is 0 Å². The highest BCUT2D eigenvalue weighted by Crippen LogP contribution is 2.31. The molecule has 0 aromatic rings. The third-order valence-corrected chi connectivity index (χ3v) is 3.82. The Balaban J connectivity index is 4.04. The van der Waals surface area contributed by atoms with E-state index in [0.29, 0.717) is 5.41 Å². The van der Waals surface area contributed by atoms with Gasteiger partial charge in [0.1, 0.15) is 0 Å². The minimum Gasteiger partial charge on any atom is -0.326 e. The van der Waals surface area contributed by atoms with Crippen LogP contribution in [0.4, 0.5) is 0 Å². The lowest BCUT2D eigenvalue weighted by molar-refractivity contribution is 0.285. The Bertz CT molecular complexity index is 133. The van der Waals surface area contributed by atoms with Crippen LogP contribution >= 0.6 is 0 Å². The molecule has 2 N–H and O–H groups in total. The van der Waals surface area contributed by atoms with Crippen LogP contribution < -0.4 is 5.73 Å². The Hall–Kier alpha value is 0.177. The average Bonchev–Trinajstić information content (AvgIpc) is 1.48. The minimum absolute atomic E-state index is 0.00715. The first kappa shape index (κ1) is 12.2. The molecule has 0 aliphatic carbocycles. The molecule has 74 valence electrons. The Labute approximate surface area is 79.3 Å². The summed E-state index contributed by atoms with van der Waals surface area (Å²) in [5.41, 5.74) is 6.45. The summed E-state index contributed by atoms with van der Waals surface area (Å²) in [5, 5.41) is 0. The highest BCUT2D eigenvalue weighted by molar-refractivity contribution is 6.55. The van der Waals surface area contributed by atoms with Gasteiger partial charge in [0.25, 0.3) is 0 Å². The summed E-state index contributed by atoms with van der Waals surface area (Å²) in [6.45, 7) is 13.7.